The van der Waals surface area contributed by atoms with Crippen molar-refractivity contribution < 1.29 is 9.13 Å². The van der Waals surface area contributed by atoms with Crippen molar-refractivity contribution in [3.05, 3.63) is 65.5 Å². The molecule has 1 saturated heterocycles. The van der Waals surface area contributed by atoms with Gasteiger partial charge in [0, 0.05) is 17.5 Å². The molecule has 1 aliphatic carbocycles. The van der Waals surface area contributed by atoms with E-state index < -0.39 is 0 Å². The lowest BCUT2D eigenvalue weighted by Gasteiger charge is -2.22. The zero-order valence-corrected chi connectivity index (χ0v) is 15.1. The first kappa shape index (κ1) is 17.5. The third kappa shape index (κ3) is 4.43. The van der Waals surface area contributed by atoms with Crippen LogP contribution in [0.2, 0.25) is 0 Å². The van der Waals surface area contributed by atoms with Crippen LogP contribution in [0, 0.1) is 11.7 Å². The topological polar surface area (TPSA) is 33.3 Å². The highest BCUT2D eigenvalue weighted by Crippen LogP contribution is 2.41. The Morgan fingerprint density at radius 1 is 1.04 bits per heavy atom. The molecule has 0 unspecified atom stereocenters. The van der Waals surface area contributed by atoms with Gasteiger partial charge in [0.15, 0.2) is 0 Å². The highest BCUT2D eigenvalue weighted by Gasteiger charge is 2.38. The lowest BCUT2D eigenvalue weighted by molar-refractivity contribution is 0.300. The highest BCUT2D eigenvalue weighted by molar-refractivity contribution is 5.34. The molecule has 2 aromatic carbocycles. The van der Waals surface area contributed by atoms with Gasteiger partial charge in [-0.2, -0.15) is 0 Å². The van der Waals surface area contributed by atoms with Gasteiger partial charge < -0.3 is 15.4 Å². The van der Waals surface area contributed by atoms with Gasteiger partial charge in [0.25, 0.3) is 0 Å². The summed E-state index contributed by atoms with van der Waals surface area (Å²) >= 11 is 0. The minimum Gasteiger partial charge on any atom is -0.489 e. The fraction of sp³-hybridized carbons (Fsp3) is 0.455. The molecule has 2 aliphatic rings. The summed E-state index contributed by atoms with van der Waals surface area (Å²) in [4.78, 5) is 0. The molecule has 1 saturated carbocycles. The smallest absolute Gasteiger partial charge is 0.129 e. The van der Waals surface area contributed by atoms with Crippen molar-refractivity contribution in [2.75, 3.05) is 19.6 Å². The second-order valence-electron chi connectivity index (χ2n) is 7.50. The molecule has 0 radical (unpaired) electrons. The van der Waals surface area contributed by atoms with Gasteiger partial charge in [-0.3, -0.25) is 0 Å². The van der Waals surface area contributed by atoms with Crippen molar-refractivity contribution in [3.63, 3.8) is 0 Å². The third-order valence-corrected chi connectivity index (χ3v) is 5.58. The Morgan fingerprint density at radius 2 is 1.81 bits per heavy atom. The first-order valence-electron chi connectivity index (χ1n) is 9.70. The predicted octanol–water partition coefficient (Wildman–Crippen LogP) is 3.85. The maximum atomic E-state index is 13.6. The number of halogens is 1. The lowest BCUT2D eigenvalue weighted by atomic mass is 9.98. The number of ether oxygens (including phenoxy) is 1. The highest BCUT2D eigenvalue weighted by atomic mass is 19.1. The van der Waals surface area contributed by atoms with E-state index in [4.69, 9.17) is 4.74 Å². The van der Waals surface area contributed by atoms with Crippen LogP contribution in [-0.2, 0) is 6.61 Å². The van der Waals surface area contributed by atoms with Gasteiger partial charge >= 0.3 is 0 Å². The Kier molecular flexibility index (Phi) is 5.51. The minimum absolute atomic E-state index is 0.218. The van der Waals surface area contributed by atoms with Crippen molar-refractivity contribution in [1.82, 2.24) is 10.6 Å². The van der Waals surface area contributed by atoms with E-state index in [1.54, 1.807) is 12.1 Å². The molecule has 2 atom stereocenters. The Morgan fingerprint density at radius 3 is 2.58 bits per heavy atom. The summed E-state index contributed by atoms with van der Waals surface area (Å²) in [5, 5.41) is 7.16. The maximum absolute atomic E-state index is 13.6. The largest absolute Gasteiger partial charge is 0.489 e. The van der Waals surface area contributed by atoms with Crippen LogP contribution in [0.15, 0.2) is 48.5 Å². The molecular weight excluding hydrogens is 327 g/mol. The summed E-state index contributed by atoms with van der Waals surface area (Å²) in [6, 6.07) is 15.7. The summed E-state index contributed by atoms with van der Waals surface area (Å²) in [5.41, 5.74) is 1.95. The fourth-order valence-corrected chi connectivity index (χ4v) is 3.78. The number of nitrogens with one attached hydrogen (secondary N) is 2. The molecule has 26 heavy (non-hydrogen) atoms. The van der Waals surface area contributed by atoms with Crippen LogP contribution in [0.5, 0.6) is 5.75 Å². The molecule has 1 heterocycles. The van der Waals surface area contributed by atoms with Crippen molar-refractivity contribution in [1.29, 1.82) is 0 Å². The van der Waals surface area contributed by atoms with Crippen molar-refractivity contribution in [2.24, 2.45) is 5.92 Å². The number of rotatable bonds is 7. The molecule has 0 spiro atoms. The first-order chi connectivity index (χ1) is 12.8. The van der Waals surface area contributed by atoms with E-state index in [9.17, 15) is 4.39 Å². The number of piperidine rings is 1. The first-order valence-corrected chi connectivity index (χ1v) is 9.70. The maximum Gasteiger partial charge on any atom is 0.129 e. The van der Waals surface area contributed by atoms with Crippen molar-refractivity contribution in [2.45, 2.75) is 37.8 Å². The molecule has 2 fully saturated rings. The molecule has 2 aromatic rings. The average molecular weight is 354 g/mol. The Hall–Kier alpha value is -1.91. The molecule has 4 heteroatoms. The zero-order valence-electron chi connectivity index (χ0n) is 15.1. The molecular formula is C22H27FN2O. The third-order valence-electron chi connectivity index (χ3n) is 5.58. The van der Waals surface area contributed by atoms with Crippen LogP contribution >= 0.6 is 0 Å². The molecule has 0 aromatic heterocycles. The number of hydrogen-bond acceptors (Lipinski definition) is 3. The lowest BCUT2D eigenvalue weighted by Crippen LogP contribution is -2.34. The number of benzene rings is 2. The molecule has 2 N–H and O–H groups in total. The van der Waals surface area contributed by atoms with Crippen LogP contribution in [0.25, 0.3) is 0 Å². The normalized spacial score (nSPS) is 23.0. The van der Waals surface area contributed by atoms with E-state index >= 15 is 0 Å². The Labute approximate surface area is 155 Å². The van der Waals surface area contributed by atoms with E-state index in [0.29, 0.717) is 17.5 Å². The quantitative estimate of drug-likeness (QED) is 0.792. The molecule has 4 rings (SSSR count). The van der Waals surface area contributed by atoms with Crippen LogP contribution in [-0.4, -0.2) is 25.7 Å². The summed E-state index contributed by atoms with van der Waals surface area (Å²) in [5.74, 6) is 2.02. The van der Waals surface area contributed by atoms with E-state index in [2.05, 4.69) is 22.8 Å². The summed E-state index contributed by atoms with van der Waals surface area (Å²) in [6.07, 6.45) is 3.80. The van der Waals surface area contributed by atoms with Gasteiger partial charge in [0.1, 0.15) is 18.2 Å². The fourth-order valence-electron chi connectivity index (χ4n) is 3.78. The summed E-state index contributed by atoms with van der Waals surface area (Å²) < 4.78 is 19.4. The van der Waals surface area contributed by atoms with Gasteiger partial charge in [-0.25, -0.2) is 4.39 Å². The Bertz CT molecular complexity index is 712. The second kappa shape index (κ2) is 8.19. The average Bonchev–Trinajstić information content (AvgIpc) is 3.47. The number of hydrogen-bond donors (Lipinski definition) is 2. The zero-order chi connectivity index (χ0) is 17.8. The van der Waals surface area contributed by atoms with E-state index in [0.717, 1.165) is 31.3 Å². The van der Waals surface area contributed by atoms with Gasteiger partial charge in [-0.15, -0.1) is 0 Å². The molecule has 3 nitrogen and oxygen atoms in total. The second-order valence-corrected chi connectivity index (χ2v) is 7.50. The van der Waals surface area contributed by atoms with Crippen molar-refractivity contribution in [3.8, 4) is 5.75 Å². The molecule has 0 amide bonds. The van der Waals surface area contributed by atoms with Gasteiger partial charge in [-0.05, 0) is 68.6 Å². The summed E-state index contributed by atoms with van der Waals surface area (Å²) in [6.45, 7) is 3.73. The van der Waals surface area contributed by atoms with Gasteiger partial charge in [0.05, 0.1) is 0 Å². The van der Waals surface area contributed by atoms with Gasteiger partial charge in [0.2, 0.25) is 0 Å². The monoisotopic (exact) mass is 354 g/mol. The molecule has 0 bridgehead atoms. The van der Waals surface area contributed by atoms with Crippen molar-refractivity contribution >= 4 is 0 Å². The van der Waals surface area contributed by atoms with Crippen LogP contribution in [0.4, 0.5) is 4.39 Å². The molecule has 138 valence electrons. The Balaban J connectivity index is 1.24. The SMILES string of the molecule is Fc1ccccc1COc1ccc([C@@H]2C[C@H]2NCC2CCNCC2)cc1. The molecule has 1 aliphatic heterocycles. The van der Waals surface area contributed by atoms with E-state index in [1.165, 1.54) is 30.9 Å². The van der Waals surface area contributed by atoms with Crippen LogP contribution in [0.3, 0.4) is 0 Å². The van der Waals surface area contributed by atoms with E-state index in [1.807, 2.05) is 18.2 Å². The summed E-state index contributed by atoms with van der Waals surface area (Å²) in [7, 11) is 0. The van der Waals surface area contributed by atoms with Crippen LogP contribution < -0.4 is 15.4 Å². The standard InChI is InChI=1S/C22H27FN2O/c23-21-4-2-1-3-18(21)15-26-19-7-5-17(6-8-19)20-13-22(20)25-14-16-9-11-24-12-10-16/h1-8,16,20,22,24-25H,9-15H2/t20-,22+/m0/s1. The minimum atomic E-state index is -0.218. The van der Waals surface area contributed by atoms with Crippen LogP contribution in [0.1, 0.15) is 36.3 Å². The van der Waals surface area contributed by atoms with E-state index in [-0.39, 0.29) is 12.4 Å². The predicted molar refractivity (Wildman–Crippen MR) is 102 cm³/mol. The van der Waals surface area contributed by atoms with Gasteiger partial charge in [-0.1, -0.05) is 30.3 Å².